The van der Waals surface area contributed by atoms with E-state index in [1.165, 1.54) is 32.5 Å². The number of hydrogen-bond acceptors (Lipinski definition) is 3. The van der Waals surface area contributed by atoms with E-state index >= 15 is 0 Å². The van der Waals surface area contributed by atoms with Gasteiger partial charge in [-0.3, -0.25) is 9.69 Å². The SMILES string of the molecule is CC1C(C(=O)O)CCN1C1CCN2CCC1C2. The summed E-state index contributed by atoms with van der Waals surface area (Å²) in [6.07, 6.45) is 3.39. The average Bonchev–Trinajstić information content (AvgIpc) is 2.85. The van der Waals surface area contributed by atoms with Crippen LogP contribution in [0.3, 0.4) is 0 Å². The summed E-state index contributed by atoms with van der Waals surface area (Å²) in [5.74, 6) is 0.0389. The van der Waals surface area contributed by atoms with E-state index in [0.29, 0.717) is 6.04 Å². The highest BCUT2D eigenvalue weighted by atomic mass is 16.4. The van der Waals surface area contributed by atoms with Crippen molar-refractivity contribution in [3.05, 3.63) is 0 Å². The molecule has 0 aromatic carbocycles. The molecule has 3 aliphatic heterocycles. The Hall–Kier alpha value is -0.610. The van der Waals surface area contributed by atoms with Gasteiger partial charge in [-0.15, -0.1) is 0 Å². The summed E-state index contributed by atoms with van der Waals surface area (Å²) in [6.45, 7) is 6.80. The van der Waals surface area contributed by atoms with Crippen molar-refractivity contribution in [2.45, 2.75) is 38.3 Å². The van der Waals surface area contributed by atoms with Gasteiger partial charge in [0.25, 0.3) is 0 Å². The third-order valence-corrected chi connectivity index (χ3v) is 5.14. The second-order valence-corrected chi connectivity index (χ2v) is 5.92. The van der Waals surface area contributed by atoms with Crippen LogP contribution in [-0.2, 0) is 4.79 Å². The minimum atomic E-state index is -0.608. The van der Waals surface area contributed by atoms with Gasteiger partial charge in [-0.1, -0.05) is 0 Å². The van der Waals surface area contributed by atoms with Gasteiger partial charge < -0.3 is 10.0 Å². The molecule has 0 spiro atoms. The third-order valence-electron chi connectivity index (χ3n) is 5.14. The van der Waals surface area contributed by atoms with Crippen molar-refractivity contribution in [3.63, 3.8) is 0 Å². The molecule has 4 nitrogen and oxygen atoms in total. The van der Waals surface area contributed by atoms with Crippen molar-refractivity contribution in [1.29, 1.82) is 0 Å². The molecule has 2 bridgehead atoms. The van der Waals surface area contributed by atoms with Crippen molar-refractivity contribution >= 4 is 5.97 Å². The normalized spacial score (nSPS) is 46.3. The predicted molar refractivity (Wildman–Crippen MR) is 64.9 cm³/mol. The zero-order valence-electron chi connectivity index (χ0n) is 10.5. The molecule has 3 saturated heterocycles. The smallest absolute Gasteiger partial charge is 0.308 e. The molecule has 5 unspecified atom stereocenters. The number of fused-ring (bicyclic) bond motifs is 2. The number of likely N-dealkylation sites (tertiary alicyclic amines) is 1. The lowest BCUT2D eigenvalue weighted by atomic mass is 9.91. The molecule has 3 rings (SSSR count). The molecule has 4 heteroatoms. The molecule has 17 heavy (non-hydrogen) atoms. The Morgan fingerprint density at radius 1 is 1.18 bits per heavy atom. The summed E-state index contributed by atoms with van der Waals surface area (Å²) in [4.78, 5) is 16.2. The molecule has 0 aromatic heterocycles. The third kappa shape index (κ3) is 1.87. The van der Waals surface area contributed by atoms with Crippen molar-refractivity contribution in [2.24, 2.45) is 11.8 Å². The summed E-state index contributed by atoms with van der Waals surface area (Å²) >= 11 is 0. The van der Waals surface area contributed by atoms with Crippen molar-refractivity contribution in [2.75, 3.05) is 26.2 Å². The van der Waals surface area contributed by atoms with Gasteiger partial charge in [-0.25, -0.2) is 0 Å². The van der Waals surface area contributed by atoms with Gasteiger partial charge in [0.05, 0.1) is 5.92 Å². The van der Waals surface area contributed by atoms with Crippen LogP contribution in [0.15, 0.2) is 0 Å². The van der Waals surface area contributed by atoms with Crippen LogP contribution in [0.2, 0.25) is 0 Å². The minimum absolute atomic E-state index is 0.144. The Labute approximate surface area is 103 Å². The van der Waals surface area contributed by atoms with Gasteiger partial charge >= 0.3 is 5.97 Å². The second-order valence-electron chi connectivity index (χ2n) is 5.92. The Morgan fingerprint density at radius 2 is 1.94 bits per heavy atom. The van der Waals surface area contributed by atoms with Crippen LogP contribution >= 0.6 is 0 Å². The van der Waals surface area contributed by atoms with Gasteiger partial charge in [-0.2, -0.15) is 0 Å². The van der Waals surface area contributed by atoms with Crippen LogP contribution in [-0.4, -0.2) is 59.1 Å². The summed E-state index contributed by atoms with van der Waals surface area (Å²) in [5.41, 5.74) is 0. The van der Waals surface area contributed by atoms with Gasteiger partial charge in [0, 0.05) is 18.6 Å². The van der Waals surface area contributed by atoms with Crippen molar-refractivity contribution in [1.82, 2.24) is 9.80 Å². The fourth-order valence-electron chi connectivity index (χ4n) is 4.13. The maximum absolute atomic E-state index is 11.2. The zero-order chi connectivity index (χ0) is 12.0. The largest absolute Gasteiger partial charge is 0.481 e. The number of piperidine rings is 1. The number of rotatable bonds is 2. The lowest BCUT2D eigenvalue weighted by Gasteiger charge is -2.39. The van der Waals surface area contributed by atoms with Gasteiger partial charge in [0.2, 0.25) is 0 Å². The molecular formula is C13H22N2O2. The molecule has 5 atom stereocenters. The Bertz CT molecular complexity index is 321. The zero-order valence-corrected chi connectivity index (χ0v) is 10.5. The quantitative estimate of drug-likeness (QED) is 0.775. The highest BCUT2D eigenvalue weighted by molar-refractivity contribution is 5.71. The lowest BCUT2D eigenvalue weighted by molar-refractivity contribution is -0.142. The lowest BCUT2D eigenvalue weighted by Crippen LogP contribution is -2.49. The van der Waals surface area contributed by atoms with Crippen LogP contribution in [0.25, 0.3) is 0 Å². The number of aliphatic carboxylic acids is 1. The summed E-state index contributed by atoms with van der Waals surface area (Å²) < 4.78 is 0. The fourth-order valence-corrected chi connectivity index (χ4v) is 4.13. The van der Waals surface area contributed by atoms with Gasteiger partial charge in [-0.05, 0) is 51.7 Å². The summed E-state index contributed by atoms with van der Waals surface area (Å²) in [6, 6.07) is 0.873. The highest BCUT2D eigenvalue weighted by Crippen LogP contribution is 2.36. The van der Waals surface area contributed by atoms with Gasteiger partial charge in [0.15, 0.2) is 0 Å². The first kappa shape index (κ1) is 11.5. The molecule has 96 valence electrons. The molecule has 3 fully saturated rings. The summed E-state index contributed by atoms with van der Waals surface area (Å²) in [5, 5.41) is 9.20. The first-order valence-corrected chi connectivity index (χ1v) is 6.87. The number of carbonyl (C=O) groups is 1. The van der Waals surface area contributed by atoms with Crippen LogP contribution in [0.5, 0.6) is 0 Å². The number of hydrogen-bond donors (Lipinski definition) is 1. The van der Waals surface area contributed by atoms with E-state index in [4.69, 9.17) is 0 Å². The van der Waals surface area contributed by atoms with Crippen molar-refractivity contribution < 1.29 is 9.90 Å². The summed E-state index contributed by atoms with van der Waals surface area (Å²) in [7, 11) is 0. The van der Waals surface area contributed by atoms with Crippen LogP contribution < -0.4 is 0 Å². The van der Waals surface area contributed by atoms with E-state index in [2.05, 4.69) is 16.7 Å². The Balaban J connectivity index is 1.70. The van der Waals surface area contributed by atoms with Crippen LogP contribution in [0, 0.1) is 11.8 Å². The Kier molecular flexibility index (Phi) is 2.87. The molecule has 1 N–H and O–H groups in total. The first-order valence-electron chi connectivity index (χ1n) is 6.87. The maximum atomic E-state index is 11.2. The van der Waals surface area contributed by atoms with E-state index in [1.807, 2.05) is 0 Å². The second kappa shape index (κ2) is 4.25. The molecular weight excluding hydrogens is 216 g/mol. The molecule has 0 amide bonds. The number of nitrogens with zero attached hydrogens (tertiary/aromatic N) is 2. The Morgan fingerprint density at radius 3 is 2.65 bits per heavy atom. The molecule has 0 aromatic rings. The van der Waals surface area contributed by atoms with Crippen molar-refractivity contribution in [3.8, 4) is 0 Å². The van der Waals surface area contributed by atoms with E-state index in [0.717, 1.165) is 18.9 Å². The number of carboxylic acid groups (broad SMARTS) is 1. The van der Waals surface area contributed by atoms with E-state index in [-0.39, 0.29) is 12.0 Å². The topological polar surface area (TPSA) is 43.8 Å². The molecule has 0 radical (unpaired) electrons. The van der Waals surface area contributed by atoms with Crippen LogP contribution in [0.4, 0.5) is 0 Å². The monoisotopic (exact) mass is 238 g/mol. The first-order chi connectivity index (χ1) is 8.16. The molecule has 3 heterocycles. The molecule has 0 aliphatic carbocycles. The fraction of sp³-hybridized carbons (Fsp3) is 0.923. The standard InChI is InChI=1S/C13H22N2O2/c1-9-11(13(16)17)3-7-15(9)12-4-6-14-5-2-10(12)8-14/h9-12H,2-8H2,1H3,(H,16,17). The maximum Gasteiger partial charge on any atom is 0.308 e. The highest BCUT2D eigenvalue weighted by Gasteiger charge is 2.44. The predicted octanol–water partition coefficient (Wildman–Crippen LogP) is 0.876. The molecule has 3 aliphatic rings. The van der Waals surface area contributed by atoms with Gasteiger partial charge in [0.1, 0.15) is 0 Å². The van der Waals surface area contributed by atoms with E-state index in [1.54, 1.807) is 0 Å². The number of carboxylic acids is 1. The minimum Gasteiger partial charge on any atom is -0.481 e. The molecule has 0 saturated carbocycles. The van der Waals surface area contributed by atoms with E-state index < -0.39 is 5.97 Å². The average molecular weight is 238 g/mol. The van der Waals surface area contributed by atoms with E-state index in [9.17, 15) is 9.90 Å². The van der Waals surface area contributed by atoms with Crippen LogP contribution in [0.1, 0.15) is 26.2 Å².